The lowest BCUT2D eigenvalue weighted by Gasteiger charge is -2.13. The van der Waals surface area contributed by atoms with Crippen molar-refractivity contribution in [2.45, 2.75) is 6.54 Å². The van der Waals surface area contributed by atoms with Gasteiger partial charge < -0.3 is 5.32 Å². The minimum absolute atomic E-state index is 0.187. The van der Waals surface area contributed by atoms with Crippen LogP contribution >= 0.6 is 11.8 Å². The summed E-state index contributed by atoms with van der Waals surface area (Å²) in [5.74, 6) is -0.327. The van der Waals surface area contributed by atoms with Crippen molar-refractivity contribution < 1.29 is 14.4 Å². The maximum absolute atomic E-state index is 12.9. The van der Waals surface area contributed by atoms with Gasteiger partial charge in [0.25, 0.3) is 11.1 Å². The predicted molar refractivity (Wildman–Crippen MR) is 121 cm³/mol. The number of fused-ring (bicyclic) bond motifs is 1. The topological polar surface area (TPSA) is 96.7 Å². The molecular formula is C23H17N5O3S. The maximum atomic E-state index is 12.9. The monoisotopic (exact) mass is 443 g/mol. The number of hydrogen-bond acceptors (Lipinski definition) is 6. The van der Waals surface area contributed by atoms with E-state index in [1.807, 2.05) is 36.4 Å². The van der Waals surface area contributed by atoms with Crippen LogP contribution in [0.5, 0.6) is 0 Å². The van der Waals surface area contributed by atoms with E-state index >= 15 is 0 Å². The number of thioether (sulfide) groups is 1. The summed E-state index contributed by atoms with van der Waals surface area (Å²) in [5.41, 5.74) is 4.02. The highest BCUT2D eigenvalue weighted by atomic mass is 32.2. The lowest BCUT2D eigenvalue weighted by atomic mass is 10.1. The third kappa shape index (κ3) is 3.74. The van der Waals surface area contributed by atoms with Gasteiger partial charge in [0.05, 0.1) is 24.2 Å². The first-order valence-corrected chi connectivity index (χ1v) is 10.8. The molecule has 0 unspecified atom stereocenters. The zero-order valence-corrected chi connectivity index (χ0v) is 17.6. The first-order chi connectivity index (χ1) is 15.6. The molecule has 1 aliphatic rings. The Kier molecular flexibility index (Phi) is 5.16. The van der Waals surface area contributed by atoms with E-state index in [0.29, 0.717) is 16.9 Å². The van der Waals surface area contributed by atoms with Crippen LogP contribution in [0.15, 0.2) is 73.1 Å². The molecule has 0 spiro atoms. The van der Waals surface area contributed by atoms with Gasteiger partial charge in [-0.3, -0.25) is 19.3 Å². The summed E-state index contributed by atoms with van der Waals surface area (Å²) in [6, 6.07) is 18.6. The number of nitrogens with zero attached hydrogens (tertiary/aromatic N) is 4. The zero-order chi connectivity index (χ0) is 22.1. The molecule has 4 aromatic rings. The molecule has 9 heteroatoms. The molecule has 0 saturated carbocycles. The van der Waals surface area contributed by atoms with E-state index in [1.165, 1.54) is 11.1 Å². The molecule has 0 aliphatic carbocycles. The number of aromatic nitrogens is 3. The van der Waals surface area contributed by atoms with E-state index < -0.39 is 0 Å². The molecule has 3 heterocycles. The highest BCUT2D eigenvalue weighted by Crippen LogP contribution is 2.23. The van der Waals surface area contributed by atoms with E-state index in [-0.39, 0.29) is 29.4 Å². The fraction of sp³-hybridized carbons (Fsp3) is 0.0870. The SMILES string of the molecule is O=C(Nc1ccc(CN2C(=O)CSC2=O)cc1)c1cnn2c(-c3ccccc3)ccnc12. The molecule has 1 saturated heterocycles. The van der Waals surface area contributed by atoms with Gasteiger partial charge in [0.2, 0.25) is 5.91 Å². The van der Waals surface area contributed by atoms with Gasteiger partial charge in [0.15, 0.2) is 5.65 Å². The number of amides is 3. The lowest BCUT2D eigenvalue weighted by molar-refractivity contribution is -0.125. The second-order valence-corrected chi connectivity index (χ2v) is 8.10. The van der Waals surface area contributed by atoms with Crippen molar-refractivity contribution in [3.05, 3.63) is 84.2 Å². The van der Waals surface area contributed by atoms with Gasteiger partial charge in [-0.05, 0) is 23.8 Å². The molecule has 0 atom stereocenters. The van der Waals surface area contributed by atoms with Crippen LogP contribution in [0.3, 0.4) is 0 Å². The van der Waals surface area contributed by atoms with Crippen LogP contribution in [0.25, 0.3) is 16.9 Å². The standard InChI is InChI=1S/C23H17N5O3S/c29-20-14-32-23(31)27(20)13-15-6-8-17(9-7-15)26-22(30)18-12-25-28-19(10-11-24-21(18)28)16-4-2-1-3-5-16/h1-12H,13-14H2,(H,26,30). The first kappa shape index (κ1) is 20.0. The Bertz CT molecular complexity index is 1320. The Balaban J connectivity index is 1.34. The summed E-state index contributed by atoms with van der Waals surface area (Å²) < 4.78 is 1.65. The second kappa shape index (κ2) is 8.27. The van der Waals surface area contributed by atoms with Crippen molar-refractivity contribution in [3.8, 4) is 11.3 Å². The molecule has 158 valence electrons. The normalized spacial score (nSPS) is 13.7. The van der Waals surface area contributed by atoms with Gasteiger partial charge in [-0.15, -0.1) is 0 Å². The van der Waals surface area contributed by atoms with Gasteiger partial charge in [-0.1, -0.05) is 54.2 Å². The Morgan fingerprint density at radius 3 is 2.53 bits per heavy atom. The van der Waals surface area contributed by atoms with Crippen molar-refractivity contribution in [1.82, 2.24) is 19.5 Å². The molecule has 32 heavy (non-hydrogen) atoms. The Labute approximate surface area is 187 Å². The number of hydrogen-bond donors (Lipinski definition) is 1. The summed E-state index contributed by atoms with van der Waals surface area (Å²) in [7, 11) is 0. The number of anilines is 1. The fourth-order valence-electron chi connectivity index (χ4n) is 3.49. The molecule has 2 aromatic carbocycles. The molecule has 3 amide bonds. The van der Waals surface area contributed by atoms with Crippen molar-refractivity contribution in [1.29, 1.82) is 0 Å². The minimum atomic E-state index is -0.327. The lowest BCUT2D eigenvalue weighted by Crippen LogP contribution is -2.27. The summed E-state index contributed by atoms with van der Waals surface area (Å²) in [6.07, 6.45) is 3.16. The highest BCUT2D eigenvalue weighted by Gasteiger charge is 2.29. The van der Waals surface area contributed by atoms with Crippen molar-refractivity contribution >= 4 is 40.2 Å². The van der Waals surface area contributed by atoms with Crippen molar-refractivity contribution in [2.24, 2.45) is 0 Å². The van der Waals surface area contributed by atoms with Crippen molar-refractivity contribution in [2.75, 3.05) is 11.1 Å². The summed E-state index contributed by atoms with van der Waals surface area (Å²) in [5, 5.41) is 6.98. The number of carbonyl (C=O) groups is 3. The molecule has 8 nitrogen and oxygen atoms in total. The Morgan fingerprint density at radius 1 is 1.03 bits per heavy atom. The minimum Gasteiger partial charge on any atom is -0.322 e. The van der Waals surface area contributed by atoms with Crippen LogP contribution in [0.4, 0.5) is 10.5 Å². The van der Waals surface area contributed by atoms with Crippen LogP contribution < -0.4 is 5.32 Å². The molecule has 0 radical (unpaired) electrons. The molecule has 1 fully saturated rings. The molecule has 5 rings (SSSR count). The van der Waals surface area contributed by atoms with Crippen molar-refractivity contribution in [3.63, 3.8) is 0 Å². The summed E-state index contributed by atoms with van der Waals surface area (Å²) in [6.45, 7) is 0.221. The van der Waals surface area contributed by atoms with Crippen LogP contribution in [0.1, 0.15) is 15.9 Å². The number of benzene rings is 2. The summed E-state index contributed by atoms with van der Waals surface area (Å²) in [4.78, 5) is 42.0. The largest absolute Gasteiger partial charge is 0.322 e. The maximum Gasteiger partial charge on any atom is 0.289 e. The van der Waals surface area contributed by atoms with Gasteiger partial charge in [-0.2, -0.15) is 5.10 Å². The van der Waals surface area contributed by atoms with E-state index in [1.54, 1.807) is 35.0 Å². The zero-order valence-electron chi connectivity index (χ0n) is 16.8. The second-order valence-electron chi connectivity index (χ2n) is 7.18. The van der Waals surface area contributed by atoms with E-state index in [9.17, 15) is 14.4 Å². The Morgan fingerprint density at radius 2 is 1.81 bits per heavy atom. The molecule has 2 aromatic heterocycles. The fourth-order valence-corrected chi connectivity index (χ4v) is 4.21. The number of rotatable bonds is 5. The summed E-state index contributed by atoms with van der Waals surface area (Å²) >= 11 is 1.01. The van der Waals surface area contributed by atoms with Crippen LogP contribution in [-0.2, 0) is 11.3 Å². The van der Waals surface area contributed by atoms with Crippen LogP contribution in [0.2, 0.25) is 0 Å². The van der Waals surface area contributed by atoms with E-state index in [4.69, 9.17) is 0 Å². The predicted octanol–water partition coefficient (Wildman–Crippen LogP) is 3.84. The highest BCUT2D eigenvalue weighted by molar-refractivity contribution is 8.14. The van der Waals surface area contributed by atoms with Crippen LogP contribution in [-0.4, -0.2) is 42.3 Å². The van der Waals surface area contributed by atoms with Gasteiger partial charge >= 0.3 is 0 Å². The van der Waals surface area contributed by atoms with Gasteiger partial charge in [0, 0.05) is 17.4 Å². The molecular weight excluding hydrogens is 426 g/mol. The third-order valence-corrected chi connectivity index (χ3v) is 5.97. The average Bonchev–Trinajstić information content (AvgIpc) is 3.39. The Hall–Kier alpha value is -3.98. The number of carbonyl (C=O) groups excluding carboxylic acids is 3. The number of imide groups is 1. The third-order valence-electron chi connectivity index (χ3n) is 5.11. The molecule has 0 bridgehead atoms. The van der Waals surface area contributed by atoms with Gasteiger partial charge in [0.1, 0.15) is 5.56 Å². The van der Waals surface area contributed by atoms with E-state index in [2.05, 4.69) is 15.4 Å². The van der Waals surface area contributed by atoms with Crippen LogP contribution in [0, 0.1) is 0 Å². The molecule has 1 aliphatic heterocycles. The van der Waals surface area contributed by atoms with E-state index in [0.717, 1.165) is 28.6 Å². The number of nitrogens with one attached hydrogen (secondary N) is 1. The first-order valence-electron chi connectivity index (χ1n) is 9.86. The quantitative estimate of drug-likeness (QED) is 0.503. The average molecular weight is 443 g/mol. The molecule has 1 N–H and O–H groups in total. The smallest absolute Gasteiger partial charge is 0.289 e. The van der Waals surface area contributed by atoms with Gasteiger partial charge in [-0.25, -0.2) is 9.50 Å².